The van der Waals surface area contributed by atoms with Crippen molar-refractivity contribution in [2.45, 2.75) is 25.2 Å². The summed E-state index contributed by atoms with van der Waals surface area (Å²) in [4.78, 5) is 14.5. The van der Waals surface area contributed by atoms with Crippen molar-refractivity contribution in [2.75, 3.05) is 12.8 Å². The number of hydrogen-bond donors (Lipinski definition) is 0. The van der Waals surface area contributed by atoms with Gasteiger partial charge in [0.1, 0.15) is 6.61 Å². The van der Waals surface area contributed by atoms with Crippen LogP contribution in [-0.4, -0.2) is 38.4 Å². The fraction of sp³-hybridized carbons (Fsp3) is 0.192. The molecule has 0 spiro atoms. The number of aromatic nitrogens is 3. The number of carbonyl (C=O) groups is 1. The second kappa shape index (κ2) is 11.0. The molecule has 0 unspecified atom stereocenters. The number of nitrogens with zero attached hydrogens (tertiary/aromatic N) is 4. The molecule has 0 radical (unpaired) electrons. The molecule has 8 heteroatoms. The highest BCUT2D eigenvalue weighted by Crippen LogP contribution is 2.24. The largest absolute Gasteiger partial charge is 0.483 e. The van der Waals surface area contributed by atoms with Gasteiger partial charge in [0.05, 0.1) is 5.75 Å². The van der Waals surface area contributed by atoms with E-state index < -0.39 is 5.82 Å². The maximum absolute atomic E-state index is 14.0. The van der Waals surface area contributed by atoms with Gasteiger partial charge in [0.2, 0.25) is 5.91 Å². The first kappa shape index (κ1) is 23.5. The van der Waals surface area contributed by atoms with E-state index in [9.17, 15) is 9.18 Å². The highest BCUT2D eigenvalue weighted by molar-refractivity contribution is 7.99. The SMILES string of the molecule is Cc1ccccc1CN(C)C(=O)CSc1nnc(COc2ccccc2F)n1-c1ccccc1. The van der Waals surface area contributed by atoms with Crippen LogP contribution >= 0.6 is 11.8 Å². The highest BCUT2D eigenvalue weighted by atomic mass is 32.2. The van der Waals surface area contributed by atoms with Crippen LogP contribution in [0.25, 0.3) is 5.69 Å². The van der Waals surface area contributed by atoms with Crippen LogP contribution in [0.5, 0.6) is 5.75 Å². The maximum atomic E-state index is 14.0. The summed E-state index contributed by atoms with van der Waals surface area (Å²) in [5.74, 6) is 0.414. The van der Waals surface area contributed by atoms with E-state index in [1.54, 1.807) is 30.1 Å². The Kier molecular flexibility index (Phi) is 7.59. The van der Waals surface area contributed by atoms with E-state index in [1.807, 2.05) is 66.1 Å². The van der Waals surface area contributed by atoms with Crippen LogP contribution in [0.15, 0.2) is 84.0 Å². The number of ether oxygens (including phenoxy) is 1. The number of thioether (sulfide) groups is 1. The van der Waals surface area contributed by atoms with Crippen molar-refractivity contribution in [2.24, 2.45) is 0 Å². The maximum Gasteiger partial charge on any atom is 0.233 e. The predicted molar refractivity (Wildman–Crippen MR) is 130 cm³/mol. The summed E-state index contributed by atoms with van der Waals surface area (Å²) < 4.78 is 21.5. The summed E-state index contributed by atoms with van der Waals surface area (Å²) in [5, 5.41) is 9.11. The van der Waals surface area contributed by atoms with Gasteiger partial charge in [-0.2, -0.15) is 0 Å². The molecule has 0 atom stereocenters. The van der Waals surface area contributed by atoms with Crippen molar-refractivity contribution in [3.63, 3.8) is 0 Å². The molecule has 0 bridgehead atoms. The minimum atomic E-state index is -0.440. The standard InChI is InChI=1S/C26H25FN4O2S/c1-19-10-6-7-11-20(19)16-30(2)25(32)18-34-26-29-28-24(31(26)21-12-4-3-5-13-21)17-33-23-15-9-8-14-22(23)27/h3-15H,16-18H2,1-2H3. The molecule has 0 aliphatic carbocycles. The summed E-state index contributed by atoms with van der Waals surface area (Å²) in [6.07, 6.45) is 0. The molecule has 0 saturated heterocycles. The Bertz CT molecular complexity index is 1260. The Morgan fingerprint density at radius 3 is 2.47 bits per heavy atom. The van der Waals surface area contributed by atoms with Gasteiger partial charge in [-0.15, -0.1) is 10.2 Å². The Morgan fingerprint density at radius 1 is 1.00 bits per heavy atom. The molecule has 4 rings (SSSR count). The lowest BCUT2D eigenvalue weighted by Crippen LogP contribution is -2.28. The molecule has 0 fully saturated rings. The first-order chi connectivity index (χ1) is 16.5. The lowest BCUT2D eigenvalue weighted by molar-refractivity contribution is -0.127. The number of rotatable bonds is 9. The lowest BCUT2D eigenvalue weighted by Gasteiger charge is -2.18. The fourth-order valence-electron chi connectivity index (χ4n) is 3.40. The third kappa shape index (κ3) is 5.63. The Labute approximate surface area is 202 Å². The molecule has 0 aliphatic rings. The second-order valence-corrected chi connectivity index (χ2v) is 8.70. The van der Waals surface area contributed by atoms with Crippen molar-refractivity contribution in [3.8, 4) is 11.4 Å². The molecular weight excluding hydrogens is 451 g/mol. The summed E-state index contributed by atoms with van der Waals surface area (Å²) in [7, 11) is 1.80. The van der Waals surface area contributed by atoms with Crippen LogP contribution in [0.1, 0.15) is 17.0 Å². The average Bonchev–Trinajstić information content (AvgIpc) is 3.26. The molecule has 0 N–H and O–H groups in total. The molecule has 0 saturated carbocycles. The second-order valence-electron chi connectivity index (χ2n) is 7.75. The number of carbonyl (C=O) groups excluding carboxylic acids is 1. The van der Waals surface area contributed by atoms with Gasteiger partial charge >= 0.3 is 0 Å². The third-order valence-electron chi connectivity index (χ3n) is 5.33. The number of hydrogen-bond acceptors (Lipinski definition) is 5. The minimum Gasteiger partial charge on any atom is -0.483 e. The summed E-state index contributed by atoms with van der Waals surface area (Å²) >= 11 is 1.31. The molecule has 174 valence electrons. The molecule has 1 amide bonds. The van der Waals surface area contributed by atoms with Gasteiger partial charge in [0.25, 0.3) is 0 Å². The molecule has 34 heavy (non-hydrogen) atoms. The molecule has 1 heterocycles. The minimum absolute atomic E-state index is 0.0139. The van der Waals surface area contributed by atoms with Crippen molar-refractivity contribution in [1.29, 1.82) is 0 Å². The van der Waals surface area contributed by atoms with Gasteiger partial charge in [-0.05, 0) is 42.3 Å². The Balaban J connectivity index is 1.48. The zero-order valence-electron chi connectivity index (χ0n) is 19.0. The van der Waals surface area contributed by atoms with E-state index in [-0.39, 0.29) is 24.0 Å². The van der Waals surface area contributed by atoms with Crippen molar-refractivity contribution in [3.05, 3.63) is 102 Å². The normalized spacial score (nSPS) is 10.8. The zero-order valence-corrected chi connectivity index (χ0v) is 19.8. The van der Waals surface area contributed by atoms with Crippen LogP contribution in [0.3, 0.4) is 0 Å². The van der Waals surface area contributed by atoms with Gasteiger partial charge in [0.15, 0.2) is 22.5 Å². The monoisotopic (exact) mass is 476 g/mol. The zero-order chi connectivity index (χ0) is 23.9. The smallest absolute Gasteiger partial charge is 0.233 e. The highest BCUT2D eigenvalue weighted by Gasteiger charge is 2.18. The molecule has 3 aromatic carbocycles. The predicted octanol–water partition coefficient (Wildman–Crippen LogP) is 5.04. The van der Waals surface area contributed by atoms with Crippen LogP contribution in [0.4, 0.5) is 4.39 Å². The van der Waals surface area contributed by atoms with E-state index in [0.29, 0.717) is 17.5 Å². The van der Waals surface area contributed by atoms with E-state index in [1.165, 1.54) is 17.8 Å². The van der Waals surface area contributed by atoms with Gasteiger partial charge in [-0.3, -0.25) is 9.36 Å². The number of para-hydroxylation sites is 2. The average molecular weight is 477 g/mol. The first-order valence-electron chi connectivity index (χ1n) is 10.8. The van der Waals surface area contributed by atoms with Gasteiger partial charge in [-0.1, -0.05) is 66.4 Å². The lowest BCUT2D eigenvalue weighted by atomic mass is 10.1. The van der Waals surface area contributed by atoms with Crippen LogP contribution in [0.2, 0.25) is 0 Å². The number of benzene rings is 3. The van der Waals surface area contributed by atoms with Crippen molar-refractivity contribution >= 4 is 17.7 Å². The number of amides is 1. The van der Waals surface area contributed by atoms with Crippen LogP contribution in [-0.2, 0) is 17.9 Å². The van der Waals surface area contributed by atoms with E-state index in [2.05, 4.69) is 10.2 Å². The number of aryl methyl sites for hydroxylation is 1. The summed E-state index contributed by atoms with van der Waals surface area (Å²) in [6, 6.07) is 23.8. The van der Waals surface area contributed by atoms with Crippen LogP contribution in [0, 0.1) is 12.7 Å². The molecule has 1 aromatic heterocycles. The molecule has 4 aromatic rings. The number of halogens is 1. The van der Waals surface area contributed by atoms with Gasteiger partial charge in [-0.25, -0.2) is 4.39 Å². The summed E-state index contributed by atoms with van der Waals surface area (Å²) in [5.41, 5.74) is 3.10. The summed E-state index contributed by atoms with van der Waals surface area (Å²) in [6.45, 7) is 2.61. The van der Waals surface area contributed by atoms with Gasteiger partial charge < -0.3 is 9.64 Å². The van der Waals surface area contributed by atoms with Crippen molar-refractivity contribution < 1.29 is 13.9 Å². The van der Waals surface area contributed by atoms with Gasteiger partial charge in [0, 0.05) is 19.3 Å². The topological polar surface area (TPSA) is 60.3 Å². The molecule has 6 nitrogen and oxygen atoms in total. The third-order valence-corrected chi connectivity index (χ3v) is 6.24. The van der Waals surface area contributed by atoms with E-state index in [0.717, 1.165) is 16.8 Å². The fourth-order valence-corrected chi connectivity index (χ4v) is 4.31. The quantitative estimate of drug-likeness (QED) is 0.317. The van der Waals surface area contributed by atoms with E-state index in [4.69, 9.17) is 4.74 Å². The van der Waals surface area contributed by atoms with Crippen LogP contribution < -0.4 is 4.74 Å². The Morgan fingerprint density at radius 2 is 1.71 bits per heavy atom. The van der Waals surface area contributed by atoms with E-state index >= 15 is 0 Å². The molecule has 0 aliphatic heterocycles. The molecular formula is C26H25FN4O2S. The Hall–Kier alpha value is -3.65. The first-order valence-corrected chi connectivity index (χ1v) is 11.8. The van der Waals surface area contributed by atoms with Crippen molar-refractivity contribution in [1.82, 2.24) is 19.7 Å².